The molecule has 3 aromatic rings. The summed E-state index contributed by atoms with van der Waals surface area (Å²) >= 11 is 0. The van der Waals surface area contributed by atoms with Gasteiger partial charge >= 0.3 is 0 Å². The predicted octanol–water partition coefficient (Wildman–Crippen LogP) is 3.07. The first-order valence-electron chi connectivity index (χ1n) is 12.2. The number of nitrogens with one attached hydrogen (secondary N) is 1. The van der Waals surface area contributed by atoms with Crippen molar-refractivity contribution in [3.05, 3.63) is 96.4 Å². The van der Waals surface area contributed by atoms with Crippen molar-refractivity contribution in [3.8, 4) is 0 Å². The van der Waals surface area contributed by atoms with Gasteiger partial charge in [-0.15, -0.1) is 11.7 Å². The maximum atomic E-state index is 13.5. The summed E-state index contributed by atoms with van der Waals surface area (Å²) in [6.07, 6.45) is 8.20. The number of aliphatic hydroxyl groups is 2. The lowest BCUT2D eigenvalue weighted by molar-refractivity contribution is -0.139. The third-order valence-electron chi connectivity index (χ3n) is 6.44. The molecule has 2 heterocycles. The molecule has 0 aliphatic carbocycles. The third kappa shape index (κ3) is 5.37. The van der Waals surface area contributed by atoms with E-state index in [1.165, 1.54) is 4.90 Å². The van der Waals surface area contributed by atoms with E-state index in [2.05, 4.69) is 22.2 Å². The van der Waals surface area contributed by atoms with Gasteiger partial charge in [0.15, 0.2) is 5.60 Å². The zero-order chi connectivity index (χ0) is 26.4. The lowest BCUT2D eigenvalue weighted by atomic mass is 9.82. The van der Waals surface area contributed by atoms with E-state index >= 15 is 0 Å². The molecule has 0 radical (unpaired) electrons. The summed E-state index contributed by atoms with van der Waals surface area (Å²) in [5.41, 5.74) is 0.940. The Labute approximate surface area is 215 Å². The van der Waals surface area contributed by atoms with Gasteiger partial charge in [-0.3, -0.25) is 14.3 Å². The lowest BCUT2D eigenvalue weighted by Gasteiger charge is -2.27. The van der Waals surface area contributed by atoms with Crippen LogP contribution in [0.3, 0.4) is 0 Å². The first-order valence-corrected chi connectivity index (χ1v) is 12.2. The Balaban J connectivity index is 1.54. The van der Waals surface area contributed by atoms with Gasteiger partial charge in [-0.05, 0) is 36.8 Å². The molecule has 0 saturated carbocycles. The SMILES string of the molecule is C=CCN1C(=O)[C@@](O)([C@@H](C)/C=C/CCn2cc(CCO)nn2)c2cc(NC(=O)c3ccccc3)ccc21. The fourth-order valence-electron chi connectivity index (χ4n) is 4.45. The minimum absolute atomic E-state index is 0.0186. The van der Waals surface area contributed by atoms with Crippen LogP contribution in [0.2, 0.25) is 0 Å². The van der Waals surface area contributed by atoms with Gasteiger partial charge in [0, 0.05) is 55.0 Å². The molecule has 0 saturated heterocycles. The topological polar surface area (TPSA) is 121 Å². The van der Waals surface area contributed by atoms with Gasteiger partial charge in [0.25, 0.3) is 11.8 Å². The number of allylic oxidation sites excluding steroid dienone is 1. The number of aromatic nitrogens is 3. The minimum Gasteiger partial charge on any atom is -0.396 e. The summed E-state index contributed by atoms with van der Waals surface area (Å²) in [6, 6.07) is 14.0. The molecule has 192 valence electrons. The molecule has 0 bridgehead atoms. The molecule has 0 fully saturated rings. The lowest BCUT2D eigenvalue weighted by Crippen LogP contribution is -2.44. The second-order valence-electron chi connectivity index (χ2n) is 8.97. The van der Waals surface area contributed by atoms with E-state index in [0.717, 1.165) is 5.69 Å². The Morgan fingerprint density at radius 3 is 2.76 bits per heavy atom. The van der Waals surface area contributed by atoms with Crippen molar-refractivity contribution in [1.82, 2.24) is 15.0 Å². The van der Waals surface area contributed by atoms with Crippen molar-refractivity contribution in [2.75, 3.05) is 23.4 Å². The maximum Gasteiger partial charge on any atom is 0.264 e. The van der Waals surface area contributed by atoms with Gasteiger partial charge in [0.1, 0.15) is 0 Å². The zero-order valence-electron chi connectivity index (χ0n) is 20.7. The van der Waals surface area contributed by atoms with Gasteiger partial charge in [-0.2, -0.15) is 0 Å². The normalized spacial score (nSPS) is 17.7. The van der Waals surface area contributed by atoms with Crippen molar-refractivity contribution in [2.24, 2.45) is 5.92 Å². The molecule has 9 heteroatoms. The molecule has 0 spiro atoms. The van der Waals surface area contributed by atoms with Crippen LogP contribution in [-0.4, -0.2) is 50.2 Å². The van der Waals surface area contributed by atoms with Crippen molar-refractivity contribution < 1.29 is 19.8 Å². The van der Waals surface area contributed by atoms with Crippen LogP contribution >= 0.6 is 0 Å². The molecule has 1 aliphatic rings. The molecule has 2 atom stereocenters. The van der Waals surface area contributed by atoms with E-state index in [9.17, 15) is 14.7 Å². The highest BCUT2D eigenvalue weighted by Gasteiger charge is 2.52. The Kier molecular flexibility index (Phi) is 7.95. The molecule has 1 aliphatic heterocycles. The summed E-state index contributed by atoms with van der Waals surface area (Å²) in [5, 5.41) is 31.7. The van der Waals surface area contributed by atoms with Crippen molar-refractivity contribution in [1.29, 1.82) is 0 Å². The summed E-state index contributed by atoms with van der Waals surface area (Å²) in [7, 11) is 0. The van der Waals surface area contributed by atoms with E-state index in [-0.39, 0.29) is 19.1 Å². The number of amides is 2. The number of carbonyl (C=O) groups excluding carboxylic acids is 2. The van der Waals surface area contributed by atoms with Crippen LogP contribution in [0.25, 0.3) is 0 Å². The van der Waals surface area contributed by atoms with Crippen LogP contribution in [0.4, 0.5) is 11.4 Å². The molecule has 9 nitrogen and oxygen atoms in total. The quantitative estimate of drug-likeness (QED) is 0.347. The highest BCUT2D eigenvalue weighted by molar-refractivity contribution is 6.09. The number of fused-ring (bicyclic) bond motifs is 1. The number of nitrogens with zero attached hydrogens (tertiary/aromatic N) is 4. The largest absolute Gasteiger partial charge is 0.396 e. The monoisotopic (exact) mass is 501 g/mol. The number of anilines is 2. The zero-order valence-corrected chi connectivity index (χ0v) is 20.7. The Morgan fingerprint density at radius 1 is 1.24 bits per heavy atom. The van der Waals surface area contributed by atoms with Crippen molar-refractivity contribution in [3.63, 3.8) is 0 Å². The second-order valence-corrected chi connectivity index (χ2v) is 8.97. The molecule has 4 rings (SSSR count). The highest BCUT2D eigenvalue weighted by Crippen LogP contribution is 2.46. The minimum atomic E-state index is -1.80. The van der Waals surface area contributed by atoms with Crippen LogP contribution in [0.1, 0.15) is 35.0 Å². The van der Waals surface area contributed by atoms with Gasteiger partial charge in [-0.25, -0.2) is 0 Å². The Bertz CT molecular complexity index is 1300. The maximum absolute atomic E-state index is 13.5. The first-order chi connectivity index (χ1) is 17.9. The van der Waals surface area contributed by atoms with Gasteiger partial charge in [0.2, 0.25) is 0 Å². The molecule has 3 N–H and O–H groups in total. The van der Waals surface area contributed by atoms with E-state index < -0.39 is 17.4 Å². The molecular weight excluding hydrogens is 470 g/mol. The number of aryl methyl sites for hydroxylation is 1. The van der Waals surface area contributed by atoms with Crippen molar-refractivity contribution in [2.45, 2.75) is 31.9 Å². The highest BCUT2D eigenvalue weighted by atomic mass is 16.3. The second kappa shape index (κ2) is 11.3. The van der Waals surface area contributed by atoms with E-state index in [4.69, 9.17) is 5.11 Å². The number of aliphatic hydroxyl groups excluding tert-OH is 1. The van der Waals surface area contributed by atoms with Gasteiger partial charge in [-0.1, -0.05) is 48.6 Å². The smallest absolute Gasteiger partial charge is 0.264 e. The third-order valence-corrected chi connectivity index (χ3v) is 6.44. The van der Waals surface area contributed by atoms with E-state index in [0.29, 0.717) is 41.9 Å². The van der Waals surface area contributed by atoms with E-state index in [1.54, 1.807) is 66.3 Å². The summed E-state index contributed by atoms with van der Waals surface area (Å²) in [4.78, 5) is 27.6. The molecule has 37 heavy (non-hydrogen) atoms. The van der Waals surface area contributed by atoms with Crippen LogP contribution < -0.4 is 10.2 Å². The number of rotatable bonds is 11. The Morgan fingerprint density at radius 2 is 2.03 bits per heavy atom. The van der Waals surface area contributed by atoms with Crippen LogP contribution in [0.15, 0.2) is 79.5 Å². The number of carbonyl (C=O) groups is 2. The van der Waals surface area contributed by atoms with Gasteiger partial charge < -0.3 is 20.4 Å². The molecule has 2 amide bonds. The van der Waals surface area contributed by atoms with Crippen LogP contribution in [-0.2, 0) is 23.4 Å². The summed E-state index contributed by atoms with van der Waals surface area (Å²) in [5.74, 6) is -1.26. The fraction of sp³-hybridized carbons (Fsp3) is 0.286. The summed E-state index contributed by atoms with van der Waals surface area (Å²) in [6.45, 7) is 6.38. The fourth-order valence-corrected chi connectivity index (χ4v) is 4.45. The van der Waals surface area contributed by atoms with Gasteiger partial charge in [0.05, 0.1) is 11.4 Å². The predicted molar refractivity (Wildman–Crippen MR) is 141 cm³/mol. The molecule has 0 unspecified atom stereocenters. The van der Waals surface area contributed by atoms with Crippen molar-refractivity contribution >= 4 is 23.2 Å². The number of hydrogen-bond donors (Lipinski definition) is 3. The molecule has 2 aromatic carbocycles. The standard InChI is InChI=1S/C28H31N5O4/c1-3-15-33-25-13-12-22(29-26(35)21-10-5-4-6-11-21)18-24(25)28(37,27(33)36)20(2)9-7-8-16-32-19-23(14-17-34)30-31-32/h3-7,9-13,18-20,34,37H,1,8,14-17H2,2H3,(H,29,35)/b9-7+/t20-,28+/m0/s1. The number of hydrogen-bond acceptors (Lipinski definition) is 6. The van der Waals surface area contributed by atoms with Crippen LogP contribution in [0, 0.1) is 5.92 Å². The van der Waals surface area contributed by atoms with Crippen LogP contribution in [0.5, 0.6) is 0 Å². The average Bonchev–Trinajstić information content (AvgIpc) is 3.44. The molecular formula is C28H31N5O4. The first kappa shape index (κ1) is 26.0. The van der Waals surface area contributed by atoms with E-state index in [1.807, 2.05) is 18.2 Å². The Hall–Kier alpha value is -4.08. The summed E-state index contributed by atoms with van der Waals surface area (Å²) < 4.78 is 1.69. The number of benzene rings is 2. The molecule has 1 aromatic heterocycles. The average molecular weight is 502 g/mol.